The zero-order valence-corrected chi connectivity index (χ0v) is 20.0. The van der Waals surface area contributed by atoms with Crippen molar-refractivity contribution in [3.63, 3.8) is 0 Å². The van der Waals surface area contributed by atoms with Gasteiger partial charge in [0.2, 0.25) is 0 Å². The number of hydrogen-bond donors (Lipinski definition) is 3. The molecule has 0 aliphatic rings. The van der Waals surface area contributed by atoms with Crippen molar-refractivity contribution in [3.05, 3.63) is 76.5 Å². The van der Waals surface area contributed by atoms with Crippen molar-refractivity contribution in [2.24, 2.45) is 0 Å². The predicted octanol–water partition coefficient (Wildman–Crippen LogP) is 4.70. The fourth-order valence-corrected chi connectivity index (χ4v) is 3.47. The summed E-state index contributed by atoms with van der Waals surface area (Å²) in [5.41, 5.74) is 0.527. The number of hydrogen-bond acceptors (Lipinski definition) is 6. The number of ether oxygens (including phenoxy) is 1. The van der Waals surface area contributed by atoms with Gasteiger partial charge in [-0.25, -0.2) is 19.7 Å². The number of benzene rings is 1. The first kappa shape index (κ1) is 25.4. The van der Waals surface area contributed by atoms with Gasteiger partial charge >= 0.3 is 12.2 Å². The molecule has 0 atom stereocenters. The Morgan fingerprint density at radius 2 is 1.92 bits per heavy atom. The van der Waals surface area contributed by atoms with Gasteiger partial charge in [0.25, 0.3) is 5.56 Å². The maximum atomic E-state index is 13.5. The number of urea groups is 1. The van der Waals surface area contributed by atoms with Crippen molar-refractivity contribution < 1.29 is 22.7 Å². The van der Waals surface area contributed by atoms with Gasteiger partial charge in [0.1, 0.15) is 5.75 Å². The lowest BCUT2D eigenvalue weighted by atomic mass is 10.1. The number of aromatic nitrogens is 5. The van der Waals surface area contributed by atoms with Gasteiger partial charge in [-0.2, -0.15) is 13.2 Å². The number of alkyl halides is 3. The van der Waals surface area contributed by atoms with Crippen LogP contribution in [0.2, 0.25) is 0 Å². The van der Waals surface area contributed by atoms with Crippen LogP contribution in [0.25, 0.3) is 17.1 Å². The van der Waals surface area contributed by atoms with Crippen LogP contribution in [0.4, 0.5) is 29.3 Å². The quantitative estimate of drug-likeness (QED) is 0.343. The number of halogens is 3. The van der Waals surface area contributed by atoms with Gasteiger partial charge in [-0.05, 0) is 39.0 Å². The Morgan fingerprint density at radius 1 is 1.14 bits per heavy atom. The van der Waals surface area contributed by atoms with Crippen LogP contribution in [0, 0.1) is 13.8 Å². The number of nitrogens with zero attached hydrogens (tertiary/aromatic N) is 4. The molecule has 0 saturated heterocycles. The van der Waals surface area contributed by atoms with Crippen molar-refractivity contribution in [1.82, 2.24) is 24.5 Å². The molecule has 0 spiro atoms. The fraction of sp³-hybridized carbons (Fsp3) is 0.208. The van der Waals surface area contributed by atoms with E-state index in [1.165, 1.54) is 35.4 Å². The minimum absolute atomic E-state index is 0.0709. The first-order valence-corrected chi connectivity index (χ1v) is 11.0. The van der Waals surface area contributed by atoms with Crippen LogP contribution in [-0.4, -0.2) is 37.1 Å². The maximum Gasteiger partial charge on any atom is 0.416 e. The number of H-pyrrole nitrogens is 1. The molecule has 3 N–H and O–H groups in total. The minimum atomic E-state index is -4.62. The van der Waals surface area contributed by atoms with E-state index >= 15 is 0 Å². The second-order valence-electron chi connectivity index (χ2n) is 7.97. The predicted molar refractivity (Wildman–Crippen MR) is 130 cm³/mol. The monoisotopic (exact) mass is 513 g/mol. The molecule has 2 amide bonds. The van der Waals surface area contributed by atoms with E-state index < -0.39 is 17.8 Å². The number of nitrogens with one attached hydrogen (secondary N) is 3. The first-order chi connectivity index (χ1) is 17.5. The summed E-state index contributed by atoms with van der Waals surface area (Å²) < 4.78 is 47.4. The van der Waals surface area contributed by atoms with E-state index in [9.17, 15) is 22.8 Å². The number of carbonyl (C=O) groups is 1. The number of pyridine rings is 1. The molecule has 0 unspecified atom stereocenters. The van der Waals surface area contributed by atoms with E-state index in [-0.39, 0.29) is 28.4 Å². The average molecular weight is 513 g/mol. The third kappa shape index (κ3) is 5.94. The SMILES string of the molecule is CCOc1cc(=O)[nH]cc1-c1ncc(NC(=O)Nc2cc(-n3cnc(C)c3)cc(C(F)(F)F)c2)c(C)n1. The smallest absolute Gasteiger partial charge is 0.416 e. The largest absolute Gasteiger partial charge is 0.493 e. The van der Waals surface area contributed by atoms with Crippen molar-refractivity contribution in [2.75, 3.05) is 17.2 Å². The van der Waals surface area contributed by atoms with E-state index in [2.05, 4.69) is 30.6 Å². The lowest BCUT2D eigenvalue weighted by molar-refractivity contribution is -0.137. The fourth-order valence-electron chi connectivity index (χ4n) is 3.47. The molecule has 0 radical (unpaired) electrons. The topological polar surface area (TPSA) is 127 Å². The lowest BCUT2D eigenvalue weighted by Crippen LogP contribution is -2.21. The van der Waals surface area contributed by atoms with Gasteiger partial charge < -0.3 is 24.9 Å². The molecule has 37 heavy (non-hydrogen) atoms. The summed E-state index contributed by atoms with van der Waals surface area (Å²) >= 11 is 0. The number of aryl methyl sites for hydroxylation is 2. The number of anilines is 2. The molecular weight excluding hydrogens is 491 g/mol. The highest BCUT2D eigenvalue weighted by molar-refractivity contribution is 6.00. The number of rotatable bonds is 6. The highest BCUT2D eigenvalue weighted by Gasteiger charge is 2.31. The highest BCUT2D eigenvalue weighted by atomic mass is 19.4. The van der Waals surface area contributed by atoms with Crippen molar-refractivity contribution in [2.45, 2.75) is 26.9 Å². The number of aromatic amines is 1. The van der Waals surface area contributed by atoms with E-state index in [0.717, 1.165) is 12.1 Å². The Hall–Kier alpha value is -4.68. The van der Waals surface area contributed by atoms with Gasteiger partial charge in [-0.3, -0.25) is 4.79 Å². The summed E-state index contributed by atoms with van der Waals surface area (Å²) in [7, 11) is 0. The van der Waals surface area contributed by atoms with Gasteiger partial charge in [0.05, 0.1) is 47.3 Å². The summed E-state index contributed by atoms with van der Waals surface area (Å²) in [5, 5.41) is 4.97. The molecule has 4 rings (SSSR count). The molecule has 4 aromatic rings. The Bertz CT molecular complexity index is 1510. The minimum Gasteiger partial charge on any atom is -0.493 e. The van der Waals surface area contributed by atoms with E-state index in [1.807, 2.05) is 0 Å². The zero-order valence-electron chi connectivity index (χ0n) is 20.0. The molecule has 3 heterocycles. The molecule has 0 aliphatic carbocycles. The zero-order chi connectivity index (χ0) is 26.7. The van der Waals surface area contributed by atoms with Gasteiger partial charge in [0, 0.05) is 29.8 Å². The molecule has 10 nitrogen and oxygen atoms in total. The molecule has 1 aromatic carbocycles. The maximum absolute atomic E-state index is 13.5. The van der Waals surface area contributed by atoms with Gasteiger partial charge in [-0.1, -0.05) is 0 Å². The third-order valence-corrected chi connectivity index (χ3v) is 5.17. The second-order valence-corrected chi connectivity index (χ2v) is 7.97. The van der Waals surface area contributed by atoms with Crippen LogP contribution >= 0.6 is 0 Å². The Labute approximate surface area is 208 Å². The van der Waals surface area contributed by atoms with E-state index in [0.29, 0.717) is 29.3 Å². The molecule has 3 aromatic heterocycles. The average Bonchev–Trinajstić information content (AvgIpc) is 3.26. The molecule has 0 fully saturated rings. The van der Waals surface area contributed by atoms with Crippen LogP contribution in [-0.2, 0) is 6.18 Å². The second kappa shape index (κ2) is 10.1. The standard InChI is InChI=1S/C24H22F3N7O3/c1-4-37-20-8-21(35)28-9-18(20)22-29-10-19(14(3)31-22)33-23(36)32-16-5-15(24(25,26)27)6-17(7-16)34-11-13(2)30-12-34/h5-12H,4H2,1-3H3,(H,28,35)(H2,32,33,36). The third-order valence-electron chi connectivity index (χ3n) is 5.17. The van der Waals surface area contributed by atoms with Crippen molar-refractivity contribution >= 4 is 17.4 Å². The van der Waals surface area contributed by atoms with Gasteiger partial charge in [0.15, 0.2) is 5.82 Å². The summed E-state index contributed by atoms with van der Waals surface area (Å²) in [6, 6.07) is 3.70. The Kier molecular flexibility index (Phi) is 6.96. The van der Waals surface area contributed by atoms with Crippen LogP contribution in [0.5, 0.6) is 5.75 Å². The van der Waals surface area contributed by atoms with Crippen LogP contribution in [0.3, 0.4) is 0 Å². The number of carbonyl (C=O) groups excluding carboxylic acids is 1. The van der Waals surface area contributed by atoms with Crippen LogP contribution in [0.15, 0.2) is 54.0 Å². The Morgan fingerprint density at radius 3 is 2.57 bits per heavy atom. The lowest BCUT2D eigenvalue weighted by Gasteiger charge is -2.15. The summed E-state index contributed by atoms with van der Waals surface area (Å²) in [6.07, 6.45) is 1.11. The van der Waals surface area contributed by atoms with Crippen LogP contribution < -0.4 is 20.9 Å². The van der Waals surface area contributed by atoms with Gasteiger partial charge in [-0.15, -0.1) is 0 Å². The molecular formula is C24H22F3N7O3. The number of amides is 2. The normalized spacial score (nSPS) is 11.3. The summed E-state index contributed by atoms with van der Waals surface area (Å²) in [6.45, 7) is 5.43. The molecule has 192 valence electrons. The molecule has 13 heteroatoms. The Balaban J connectivity index is 1.57. The van der Waals surface area contributed by atoms with Crippen LogP contribution in [0.1, 0.15) is 23.9 Å². The van der Waals surface area contributed by atoms with E-state index in [4.69, 9.17) is 4.74 Å². The highest BCUT2D eigenvalue weighted by Crippen LogP contribution is 2.33. The van der Waals surface area contributed by atoms with Crippen molar-refractivity contribution in [1.29, 1.82) is 0 Å². The first-order valence-electron chi connectivity index (χ1n) is 11.0. The molecule has 0 saturated carbocycles. The number of imidazole rings is 1. The van der Waals surface area contributed by atoms with E-state index in [1.54, 1.807) is 27.0 Å². The molecule has 0 aliphatic heterocycles. The summed E-state index contributed by atoms with van der Waals surface area (Å²) in [5.74, 6) is 0.554. The molecule has 0 bridgehead atoms. The van der Waals surface area contributed by atoms with Crippen molar-refractivity contribution in [3.8, 4) is 22.8 Å². The summed E-state index contributed by atoms with van der Waals surface area (Å²) in [4.78, 5) is 39.4.